The third-order valence-corrected chi connectivity index (χ3v) is 1.72. The molecule has 0 aliphatic carbocycles. The van der Waals surface area contributed by atoms with Gasteiger partial charge in [0.05, 0.1) is 0 Å². The van der Waals surface area contributed by atoms with E-state index in [1.165, 1.54) is 12.3 Å². The fourth-order valence-electron chi connectivity index (χ4n) is 0.962. The van der Waals surface area contributed by atoms with Crippen molar-refractivity contribution in [3.8, 4) is 0 Å². The lowest BCUT2D eigenvalue weighted by atomic mass is 10.3. The van der Waals surface area contributed by atoms with E-state index in [1.807, 2.05) is 6.92 Å². The van der Waals surface area contributed by atoms with Crippen LogP contribution in [-0.2, 0) is 4.79 Å². The molecule has 0 fully saturated rings. The summed E-state index contributed by atoms with van der Waals surface area (Å²) in [5.41, 5.74) is 0.587. The van der Waals surface area contributed by atoms with E-state index < -0.39 is 5.97 Å². The Morgan fingerprint density at radius 3 is 3.07 bits per heavy atom. The summed E-state index contributed by atoms with van der Waals surface area (Å²) >= 11 is 5.61. The number of halogens is 1. The molecular weight excluding hydrogens is 218 g/mol. The molecule has 0 aliphatic rings. The average Bonchev–Trinajstić information content (AvgIpc) is 2.17. The Labute approximate surface area is 91.8 Å². The van der Waals surface area contributed by atoms with Gasteiger partial charge in [0.1, 0.15) is 5.82 Å². The van der Waals surface area contributed by atoms with Gasteiger partial charge in [-0.25, -0.2) is 14.8 Å². The van der Waals surface area contributed by atoms with E-state index >= 15 is 0 Å². The minimum atomic E-state index is -1.02. The fourth-order valence-corrected chi connectivity index (χ4v) is 1.10. The second kappa shape index (κ2) is 5.31. The monoisotopic (exact) mass is 227 g/mol. The molecule has 0 bridgehead atoms. The number of anilines is 1. The Morgan fingerprint density at radius 1 is 1.73 bits per heavy atom. The molecule has 0 unspecified atom stereocenters. The van der Waals surface area contributed by atoms with Gasteiger partial charge in [0.2, 0.25) is 5.28 Å². The first-order valence-corrected chi connectivity index (χ1v) is 4.68. The van der Waals surface area contributed by atoms with Crippen LogP contribution in [0, 0.1) is 0 Å². The van der Waals surface area contributed by atoms with Crippen molar-refractivity contribution in [2.45, 2.75) is 6.92 Å². The molecule has 0 radical (unpaired) electrons. The first-order chi connectivity index (χ1) is 7.13. The topological polar surface area (TPSA) is 75.1 Å². The standard InChI is InChI=1S/C9H10ClN3O2/c1-2-11-8-6(3-4-7(14)15)5-12-9(10)13-8/h3-5H,2H2,1H3,(H,14,15)(H,11,12,13)/b4-3+. The van der Waals surface area contributed by atoms with Crippen LogP contribution in [0.1, 0.15) is 12.5 Å². The number of hydrogen-bond donors (Lipinski definition) is 2. The molecule has 1 aromatic rings. The minimum absolute atomic E-state index is 0.124. The minimum Gasteiger partial charge on any atom is -0.478 e. The average molecular weight is 228 g/mol. The summed E-state index contributed by atoms with van der Waals surface area (Å²) in [6, 6.07) is 0. The zero-order chi connectivity index (χ0) is 11.3. The number of carboxylic acids is 1. The molecular formula is C9H10ClN3O2. The highest BCUT2D eigenvalue weighted by atomic mass is 35.5. The lowest BCUT2D eigenvalue weighted by molar-refractivity contribution is -0.131. The van der Waals surface area contributed by atoms with Gasteiger partial charge in [0.25, 0.3) is 0 Å². The van der Waals surface area contributed by atoms with Crippen LogP contribution >= 0.6 is 11.6 Å². The lowest BCUT2D eigenvalue weighted by Gasteiger charge is -2.05. The lowest BCUT2D eigenvalue weighted by Crippen LogP contribution is -2.02. The summed E-state index contributed by atoms with van der Waals surface area (Å²) < 4.78 is 0. The molecule has 0 aromatic carbocycles. The van der Waals surface area contributed by atoms with Crippen LogP contribution in [0.15, 0.2) is 12.3 Å². The van der Waals surface area contributed by atoms with Crippen molar-refractivity contribution in [1.82, 2.24) is 9.97 Å². The van der Waals surface area contributed by atoms with Crippen LogP contribution in [0.3, 0.4) is 0 Å². The van der Waals surface area contributed by atoms with Crippen molar-refractivity contribution in [2.24, 2.45) is 0 Å². The molecule has 80 valence electrons. The van der Waals surface area contributed by atoms with Crippen molar-refractivity contribution in [1.29, 1.82) is 0 Å². The highest BCUT2D eigenvalue weighted by molar-refractivity contribution is 6.28. The number of nitrogens with one attached hydrogen (secondary N) is 1. The fraction of sp³-hybridized carbons (Fsp3) is 0.222. The highest BCUT2D eigenvalue weighted by Gasteiger charge is 2.02. The van der Waals surface area contributed by atoms with Gasteiger partial charge in [-0.1, -0.05) is 0 Å². The SMILES string of the molecule is CCNc1nc(Cl)ncc1/C=C/C(=O)O. The number of rotatable bonds is 4. The summed E-state index contributed by atoms with van der Waals surface area (Å²) in [6.45, 7) is 2.57. The van der Waals surface area contributed by atoms with Crippen LogP contribution in [0.25, 0.3) is 6.08 Å². The third-order valence-electron chi connectivity index (χ3n) is 1.54. The molecule has 1 rings (SSSR count). The zero-order valence-corrected chi connectivity index (χ0v) is 8.82. The molecule has 0 saturated heterocycles. The molecule has 5 nitrogen and oxygen atoms in total. The molecule has 0 aliphatic heterocycles. The van der Waals surface area contributed by atoms with E-state index in [4.69, 9.17) is 16.7 Å². The van der Waals surface area contributed by atoms with Crippen molar-refractivity contribution < 1.29 is 9.90 Å². The van der Waals surface area contributed by atoms with Crippen molar-refractivity contribution in [2.75, 3.05) is 11.9 Å². The molecule has 6 heteroatoms. The summed E-state index contributed by atoms with van der Waals surface area (Å²) in [7, 11) is 0. The number of carbonyl (C=O) groups is 1. The van der Waals surface area contributed by atoms with E-state index in [0.29, 0.717) is 17.9 Å². The molecule has 0 saturated carbocycles. The predicted molar refractivity (Wildman–Crippen MR) is 57.9 cm³/mol. The third kappa shape index (κ3) is 3.55. The normalized spacial score (nSPS) is 10.5. The van der Waals surface area contributed by atoms with Gasteiger partial charge >= 0.3 is 5.97 Å². The van der Waals surface area contributed by atoms with Gasteiger partial charge in [-0.2, -0.15) is 0 Å². The largest absolute Gasteiger partial charge is 0.478 e. The first kappa shape index (κ1) is 11.5. The molecule has 0 spiro atoms. The van der Waals surface area contributed by atoms with Gasteiger partial charge in [-0.3, -0.25) is 0 Å². The molecule has 0 amide bonds. The van der Waals surface area contributed by atoms with Crippen LogP contribution in [-0.4, -0.2) is 27.6 Å². The summed E-state index contributed by atoms with van der Waals surface area (Å²) in [5.74, 6) is -0.498. The highest BCUT2D eigenvalue weighted by Crippen LogP contribution is 2.15. The van der Waals surface area contributed by atoms with Crippen molar-refractivity contribution >= 4 is 29.5 Å². The molecule has 1 heterocycles. The Morgan fingerprint density at radius 2 is 2.47 bits per heavy atom. The number of nitrogens with zero attached hydrogens (tertiary/aromatic N) is 2. The van der Waals surface area contributed by atoms with E-state index in [9.17, 15) is 4.79 Å². The Hall–Kier alpha value is -1.62. The predicted octanol–water partition coefficient (Wildman–Crippen LogP) is 1.66. The second-order valence-electron chi connectivity index (χ2n) is 2.64. The van der Waals surface area contributed by atoms with E-state index in [1.54, 1.807) is 0 Å². The van der Waals surface area contributed by atoms with Gasteiger partial charge in [-0.05, 0) is 24.6 Å². The van der Waals surface area contributed by atoms with Crippen molar-refractivity contribution in [3.05, 3.63) is 23.1 Å². The van der Waals surface area contributed by atoms with Gasteiger partial charge in [0, 0.05) is 24.4 Å². The number of carboxylic acid groups (broad SMARTS) is 1. The van der Waals surface area contributed by atoms with Crippen LogP contribution in [0.5, 0.6) is 0 Å². The molecule has 15 heavy (non-hydrogen) atoms. The van der Waals surface area contributed by atoms with Crippen LogP contribution < -0.4 is 5.32 Å². The van der Waals surface area contributed by atoms with Crippen LogP contribution in [0.4, 0.5) is 5.82 Å². The van der Waals surface area contributed by atoms with Crippen molar-refractivity contribution in [3.63, 3.8) is 0 Å². The molecule has 2 N–H and O–H groups in total. The summed E-state index contributed by atoms with van der Waals surface area (Å²) in [5, 5.41) is 11.6. The quantitative estimate of drug-likeness (QED) is 0.604. The van der Waals surface area contributed by atoms with Gasteiger partial charge in [-0.15, -0.1) is 0 Å². The van der Waals surface area contributed by atoms with E-state index in [-0.39, 0.29) is 5.28 Å². The maximum atomic E-state index is 10.3. The van der Waals surface area contributed by atoms with E-state index in [0.717, 1.165) is 6.08 Å². The second-order valence-corrected chi connectivity index (χ2v) is 2.98. The number of hydrogen-bond acceptors (Lipinski definition) is 4. The maximum Gasteiger partial charge on any atom is 0.328 e. The smallest absolute Gasteiger partial charge is 0.328 e. The van der Waals surface area contributed by atoms with Gasteiger partial charge < -0.3 is 10.4 Å². The van der Waals surface area contributed by atoms with Gasteiger partial charge in [0.15, 0.2) is 0 Å². The van der Waals surface area contributed by atoms with Crippen LogP contribution in [0.2, 0.25) is 5.28 Å². The first-order valence-electron chi connectivity index (χ1n) is 4.31. The molecule has 1 aromatic heterocycles. The van der Waals surface area contributed by atoms with E-state index in [2.05, 4.69) is 15.3 Å². The number of aliphatic carboxylic acids is 1. The maximum absolute atomic E-state index is 10.3. The Kier molecular flexibility index (Phi) is 4.05. The number of aromatic nitrogens is 2. The Balaban J connectivity index is 3.00. The molecule has 0 atom stereocenters. The Bertz CT molecular complexity index is 393. The summed E-state index contributed by atoms with van der Waals surface area (Å²) in [4.78, 5) is 18.0. The summed E-state index contributed by atoms with van der Waals surface area (Å²) in [6.07, 6.45) is 3.90. The zero-order valence-electron chi connectivity index (χ0n) is 8.07.